The number of nitrogens with one attached hydrogen (secondary N) is 2. The van der Waals surface area contributed by atoms with Crippen molar-refractivity contribution in [2.45, 2.75) is 57.3 Å². The standard InChI is InChI=1S/C25H40N7O19P3S/c1-25(2,19(37)22(38)28-5-3-15(35)27-6-8-55-24(39)13(34)4-7-33)10-48-54(45,46)51-53(43,44)47-9-14-18(50-52(40,41)42)17(36)23(49-14)32-12-31-16-20(26)29-11-30-21(16)32/h11-12,14,17-19,23,33,36-37H,3-10H2,1-2H3,(H,27,35)(H,28,38)(H,43,44)(H,45,46)(H2,26,29,30)(H2,40,41,42)/t14-,17-,18-,19+,23-/m1/s1. The number of amides is 2. The summed E-state index contributed by atoms with van der Waals surface area (Å²) in [6.45, 7) is -0.360. The number of phosphoric ester groups is 3. The zero-order valence-electron chi connectivity index (χ0n) is 28.8. The quantitative estimate of drug-likeness (QED) is 0.0335. The fourth-order valence-corrected chi connectivity index (χ4v) is 8.04. The molecule has 1 saturated heterocycles. The molecule has 0 saturated carbocycles. The molecule has 2 aromatic rings. The van der Waals surface area contributed by atoms with Crippen LogP contribution in [0.4, 0.5) is 5.82 Å². The molecular formula is C25H40N7O19P3S. The highest BCUT2D eigenvalue weighted by Crippen LogP contribution is 2.61. The Morgan fingerprint density at radius 1 is 1.04 bits per heavy atom. The van der Waals surface area contributed by atoms with E-state index >= 15 is 0 Å². The van der Waals surface area contributed by atoms with Crippen LogP contribution in [-0.2, 0) is 55.5 Å². The van der Waals surface area contributed by atoms with Gasteiger partial charge < -0.3 is 56.0 Å². The largest absolute Gasteiger partial charge is 0.481 e. The Bertz CT molecular complexity index is 1850. The summed E-state index contributed by atoms with van der Waals surface area (Å²) in [4.78, 5) is 98.2. The number of rotatable bonds is 22. The Balaban J connectivity index is 1.50. The number of carbonyl (C=O) groups excluding carboxylic acids is 4. The zero-order chi connectivity index (χ0) is 41.4. The van der Waals surface area contributed by atoms with E-state index in [1.807, 2.05) is 0 Å². The molecule has 3 heterocycles. The van der Waals surface area contributed by atoms with Gasteiger partial charge in [-0.3, -0.25) is 37.3 Å². The van der Waals surface area contributed by atoms with E-state index in [9.17, 15) is 62.7 Å². The number of hydrogen-bond donors (Lipinski definition) is 10. The molecule has 3 rings (SSSR count). The first kappa shape index (κ1) is 46.6. The Labute approximate surface area is 314 Å². The Morgan fingerprint density at radius 2 is 1.71 bits per heavy atom. The molecule has 7 atom stereocenters. The minimum atomic E-state index is -5.59. The van der Waals surface area contributed by atoms with Gasteiger partial charge in [-0.15, -0.1) is 0 Å². The summed E-state index contributed by atoms with van der Waals surface area (Å²) in [5.41, 5.74) is 4.19. The van der Waals surface area contributed by atoms with E-state index < -0.39 is 102 Å². The maximum absolute atomic E-state index is 12.6. The zero-order valence-corrected chi connectivity index (χ0v) is 32.3. The first-order valence-corrected chi connectivity index (χ1v) is 21.2. The molecule has 0 radical (unpaired) electrons. The summed E-state index contributed by atoms with van der Waals surface area (Å²) in [7, 11) is -16.4. The second-order valence-electron chi connectivity index (χ2n) is 12.1. The van der Waals surface area contributed by atoms with Crippen molar-refractivity contribution in [2.75, 3.05) is 44.4 Å². The van der Waals surface area contributed by atoms with Gasteiger partial charge in [-0.25, -0.2) is 28.6 Å². The molecule has 55 heavy (non-hydrogen) atoms. The molecule has 0 spiro atoms. The number of aliphatic hydroxyl groups is 3. The van der Waals surface area contributed by atoms with Gasteiger partial charge in [0, 0.05) is 37.1 Å². The van der Waals surface area contributed by atoms with Crippen molar-refractivity contribution in [3.8, 4) is 0 Å². The molecule has 30 heteroatoms. The second kappa shape index (κ2) is 19.6. The summed E-state index contributed by atoms with van der Waals surface area (Å²) >= 11 is 0.658. The fraction of sp³-hybridized carbons (Fsp3) is 0.640. The number of Topliss-reactive ketones (excluding diaryl/α,β-unsaturated/α-hetero) is 1. The number of phosphoric acid groups is 3. The number of carbonyl (C=O) groups is 4. The van der Waals surface area contributed by atoms with Crippen LogP contribution in [0.2, 0.25) is 0 Å². The number of nitrogens with zero attached hydrogens (tertiary/aromatic N) is 4. The van der Waals surface area contributed by atoms with Crippen molar-refractivity contribution >= 4 is 74.9 Å². The summed E-state index contributed by atoms with van der Waals surface area (Å²) < 4.78 is 61.9. The number of hydrogen-bond acceptors (Lipinski definition) is 20. The van der Waals surface area contributed by atoms with Crippen molar-refractivity contribution in [3.05, 3.63) is 12.7 Å². The smallest absolute Gasteiger partial charge is 0.396 e. The average molecular weight is 868 g/mol. The number of aliphatic hydroxyl groups excluding tert-OH is 3. The highest BCUT2D eigenvalue weighted by molar-refractivity contribution is 8.15. The number of aromatic nitrogens is 4. The third-order valence-electron chi connectivity index (χ3n) is 7.30. The van der Waals surface area contributed by atoms with E-state index in [0.717, 1.165) is 17.2 Å². The number of anilines is 1. The molecule has 0 bridgehead atoms. The van der Waals surface area contributed by atoms with Gasteiger partial charge >= 0.3 is 23.5 Å². The van der Waals surface area contributed by atoms with Crippen molar-refractivity contribution in [3.63, 3.8) is 0 Å². The van der Waals surface area contributed by atoms with Gasteiger partial charge in [0.25, 0.3) is 5.12 Å². The number of fused-ring (bicyclic) bond motifs is 1. The summed E-state index contributed by atoms with van der Waals surface area (Å²) in [5, 5.41) is 34.0. The van der Waals surface area contributed by atoms with Gasteiger partial charge in [-0.1, -0.05) is 25.6 Å². The third kappa shape index (κ3) is 14.0. The Kier molecular flexibility index (Phi) is 16.6. The highest BCUT2D eigenvalue weighted by Gasteiger charge is 2.50. The van der Waals surface area contributed by atoms with Crippen LogP contribution in [0.25, 0.3) is 11.2 Å². The third-order valence-corrected chi connectivity index (χ3v) is 11.3. The lowest BCUT2D eigenvalue weighted by atomic mass is 9.87. The first-order valence-electron chi connectivity index (χ1n) is 15.7. The normalized spacial score (nSPS) is 21.8. The van der Waals surface area contributed by atoms with Crippen LogP contribution in [0.1, 0.15) is 32.9 Å². The van der Waals surface area contributed by atoms with Crippen molar-refractivity contribution in [1.29, 1.82) is 0 Å². The molecule has 2 unspecified atom stereocenters. The van der Waals surface area contributed by atoms with E-state index in [1.54, 1.807) is 0 Å². The molecule has 2 aromatic heterocycles. The van der Waals surface area contributed by atoms with Gasteiger partial charge in [-0.2, -0.15) is 4.31 Å². The SMILES string of the molecule is CC(C)(COP(=O)(O)OP(=O)(O)OC[C@H]1O[C@@H](n2cnc3c(N)ncnc32)[C@H](O)[C@@H]1OP(=O)(O)O)[C@@H](O)C(=O)NCCC(=O)NCCSC(=O)C(=O)CCO. The molecule has 310 valence electrons. The fourth-order valence-electron chi connectivity index (χ4n) is 4.56. The number of nitrogens with two attached hydrogens (primary N) is 1. The Morgan fingerprint density at radius 3 is 2.36 bits per heavy atom. The van der Waals surface area contributed by atoms with Crippen LogP contribution in [0.5, 0.6) is 0 Å². The number of thioether (sulfide) groups is 1. The van der Waals surface area contributed by atoms with Gasteiger partial charge in [0.05, 0.1) is 26.1 Å². The van der Waals surface area contributed by atoms with E-state index in [2.05, 4.69) is 34.4 Å². The average Bonchev–Trinajstić information content (AvgIpc) is 3.64. The minimum Gasteiger partial charge on any atom is -0.396 e. The first-order chi connectivity index (χ1) is 25.5. The number of ketones is 1. The molecule has 0 aliphatic carbocycles. The molecular weight excluding hydrogens is 827 g/mol. The summed E-state index contributed by atoms with van der Waals surface area (Å²) in [6, 6.07) is 0. The lowest BCUT2D eigenvalue weighted by molar-refractivity contribution is -0.137. The molecule has 2 amide bonds. The monoisotopic (exact) mass is 867 g/mol. The van der Waals surface area contributed by atoms with E-state index in [0.29, 0.717) is 11.8 Å². The van der Waals surface area contributed by atoms with E-state index in [4.69, 9.17) is 24.6 Å². The van der Waals surface area contributed by atoms with Crippen LogP contribution in [-0.4, -0.2) is 140 Å². The van der Waals surface area contributed by atoms with E-state index in [1.165, 1.54) is 13.8 Å². The molecule has 0 aromatic carbocycles. The van der Waals surface area contributed by atoms with Gasteiger partial charge in [0.2, 0.25) is 17.6 Å². The number of nitrogen functional groups attached to an aromatic ring is 1. The van der Waals surface area contributed by atoms with Crippen molar-refractivity contribution in [2.24, 2.45) is 5.41 Å². The van der Waals surface area contributed by atoms with Crippen LogP contribution in [0.3, 0.4) is 0 Å². The van der Waals surface area contributed by atoms with Crippen LogP contribution < -0.4 is 16.4 Å². The predicted molar refractivity (Wildman–Crippen MR) is 184 cm³/mol. The van der Waals surface area contributed by atoms with Gasteiger partial charge in [0.1, 0.15) is 36.3 Å². The summed E-state index contributed by atoms with van der Waals surface area (Å²) in [6.07, 6.45) is -7.43. The molecule has 26 nitrogen and oxygen atoms in total. The number of ether oxygens (including phenoxy) is 1. The predicted octanol–water partition coefficient (Wildman–Crippen LogP) is -2.38. The molecule has 11 N–H and O–H groups in total. The second-order valence-corrected chi connectivity index (χ2v) is 17.4. The maximum atomic E-state index is 12.6. The summed E-state index contributed by atoms with van der Waals surface area (Å²) in [5.74, 6) is -2.31. The van der Waals surface area contributed by atoms with Crippen LogP contribution in [0, 0.1) is 5.41 Å². The van der Waals surface area contributed by atoms with E-state index in [-0.39, 0.29) is 48.7 Å². The van der Waals surface area contributed by atoms with Gasteiger partial charge in [-0.05, 0) is 0 Å². The number of imidazole rings is 1. The molecule has 1 fully saturated rings. The lowest BCUT2D eigenvalue weighted by Crippen LogP contribution is -2.46. The highest BCUT2D eigenvalue weighted by atomic mass is 32.2. The van der Waals surface area contributed by atoms with Crippen LogP contribution in [0.15, 0.2) is 12.7 Å². The maximum Gasteiger partial charge on any atom is 0.481 e. The topological polar surface area (TPSA) is 401 Å². The van der Waals surface area contributed by atoms with Crippen LogP contribution >= 0.6 is 35.2 Å². The Hall–Kier alpha value is -2.81. The van der Waals surface area contributed by atoms with Gasteiger partial charge in [0.15, 0.2) is 17.7 Å². The molecule has 1 aliphatic heterocycles. The van der Waals surface area contributed by atoms with Crippen molar-refractivity contribution < 1.29 is 90.4 Å². The lowest BCUT2D eigenvalue weighted by Gasteiger charge is -2.30. The van der Waals surface area contributed by atoms with Crippen molar-refractivity contribution in [1.82, 2.24) is 30.2 Å². The molecule has 1 aliphatic rings. The minimum absolute atomic E-state index is 0.0114.